The number of thioether (sulfide) groups is 3. The lowest BCUT2D eigenvalue weighted by Gasteiger charge is -2.13. The Morgan fingerprint density at radius 1 is 1.09 bits per heavy atom. The predicted octanol–water partition coefficient (Wildman–Crippen LogP) is 8.74. The SMILES string of the molecule is CC1=C2CSc3cc(c4ccccc4c3)OCCCc3c(C(=O)O)n(C)c4c(c(Cl)ccc34)-c3c(nn4c3CCC4)CSCC(N1)S2. The fourth-order valence-corrected chi connectivity index (χ4v) is 11.1. The first-order chi connectivity index (χ1) is 22.9. The number of aryl methyl sites for hydroxylation is 3. The highest BCUT2D eigenvalue weighted by Crippen LogP contribution is 2.45. The third kappa shape index (κ3) is 5.61. The van der Waals surface area contributed by atoms with E-state index in [-0.39, 0.29) is 0 Å². The predicted molar refractivity (Wildman–Crippen MR) is 196 cm³/mol. The van der Waals surface area contributed by atoms with Crippen molar-refractivity contribution in [2.75, 3.05) is 18.1 Å². The minimum Gasteiger partial charge on any atom is -0.493 e. The fraction of sp³-hybridized carbons (Fsp3) is 0.333. The molecule has 0 saturated carbocycles. The van der Waals surface area contributed by atoms with Gasteiger partial charge in [0.25, 0.3) is 0 Å². The Morgan fingerprint density at radius 2 is 1.96 bits per heavy atom. The van der Waals surface area contributed by atoms with Crippen LogP contribution >= 0.6 is 46.9 Å². The lowest BCUT2D eigenvalue weighted by molar-refractivity contribution is 0.0685. The summed E-state index contributed by atoms with van der Waals surface area (Å²) in [5.41, 5.74) is 7.42. The lowest BCUT2D eigenvalue weighted by Crippen LogP contribution is -2.21. The molecule has 3 aliphatic heterocycles. The van der Waals surface area contributed by atoms with Crippen LogP contribution in [0.2, 0.25) is 5.02 Å². The number of carboxylic acid groups (broad SMARTS) is 1. The Balaban J connectivity index is 1.23. The molecule has 2 N–H and O–H groups in total. The van der Waals surface area contributed by atoms with Crippen LogP contribution in [0.25, 0.3) is 32.8 Å². The summed E-state index contributed by atoms with van der Waals surface area (Å²) in [7, 11) is 1.85. The van der Waals surface area contributed by atoms with Crippen LogP contribution in [0.3, 0.4) is 0 Å². The number of hydrogen-bond acceptors (Lipinski definition) is 7. The number of carbonyl (C=O) groups is 1. The molecule has 0 radical (unpaired) electrons. The van der Waals surface area contributed by atoms with Gasteiger partial charge in [-0.3, -0.25) is 4.68 Å². The monoisotopic (exact) mass is 702 g/mol. The average molecular weight is 703 g/mol. The summed E-state index contributed by atoms with van der Waals surface area (Å²) >= 11 is 12.7. The van der Waals surface area contributed by atoms with E-state index in [1.807, 2.05) is 65.1 Å². The Kier molecular flexibility index (Phi) is 8.40. The zero-order chi connectivity index (χ0) is 32.2. The van der Waals surface area contributed by atoms with Gasteiger partial charge in [0.05, 0.1) is 28.2 Å². The molecule has 8 rings (SSSR count). The number of allylic oxidation sites excluding steroid dienone is 1. The van der Waals surface area contributed by atoms with Gasteiger partial charge in [-0.1, -0.05) is 41.9 Å². The number of hydrogen-bond donors (Lipinski definition) is 2. The van der Waals surface area contributed by atoms with Crippen LogP contribution in [0.4, 0.5) is 0 Å². The van der Waals surface area contributed by atoms with Crippen molar-refractivity contribution >= 4 is 74.5 Å². The minimum atomic E-state index is -0.937. The molecule has 5 aromatic rings. The summed E-state index contributed by atoms with van der Waals surface area (Å²) < 4.78 is 10.4. The summed E-state index contributed by atoms with van der Waals surface area (Å²) in [4.78, 5) is 15.4. The van der Waals surface area contributed by atoms with Crippen molar-refractivity contribution < 1.29 is 14.6 Å². The summed E-state index contributed by atoms with van der Waals surface area (Å²) in [6.45, 7) is 3.54. The largest absolute Gasteiger partial charge is 0.493 e. The molecule has 11 heteroatoms. The van der Waals surface area contributed by atoms with Gasteiger partial charge < -0.3 is 19.7 Å². The molecule has 3 aromatic carbocycles. The second-order valence-corrected chi connectivity index (χ2v) is 16.1. The van der Waals surface area contributed by atoms with Gasteiger partial charge in [0.15, 0.2) is 0 Å². The van der Waals surface area contributed by atoms with Gasteiger partial charge in [-0.25, -0.2) is 4.79 Å². The number of rotatable bonds is 1. The van der Waals surface area contributed by atoms with Crippen molar-refractivity contribution in [3.63, 3.8) is 0 Å². The van der Waals surface area contributed by atoms with Crippen molar-refractivity contribution in [2.45, 2.75) is 55.2 Å². The second-order valence-electron chi connectivity index (χ2n) is 12.3. The van der Waals surface area contributed by atoms with Crippen molar-refractivity contribution in [3.05, 3.63) is 86.8 Å². The number of ether oxygens (including phenoxy) is 1. The van der Waals surface area contributed by atoms with Crippen LogP contribution < -0.4 is 10.1 Å². The maximum atomic E-state index is 12.8. The van der Waals surface area contributed by atoms with Crippen molar-refractivity contribution in [1.29, 1.82) is 0 Å². The summed E-state index contributed by atoms with van der Waals surface area (Å²) in [5, 5.41) is 23.4. The third-order valence-electron chi connectivity index (χ3n) is 9.36. The van der Waals surface area contributed by atoms with Gasteiger partial charge in [0.2, 0.25) is 0 Å². The van der Waals surface area contributed by atoms with Crippen molar-refractivity contribution in [3.8, 4) is 16.9 Å². The van der Waals surface area contributed by atoms with Crippen LogP contribution in [0.1, 0.15) is 47.2 Å². The maximum absolute atomic E-state index is 12.8. The molecule has 5 heterocycles. The minimum absolute atomic E-state index is 0.290. The molecule has 0 spiro atoms. The number of carboxylic acids is 1. The molecule has 3 aliphatic rings. The van der Waals surface area contributed by atoms with E-state index in [2.05, 4.69) is 47.3 Å². The zero-order valence-corrected chi connectivity index (χ0v) is 29.5. The van der Waals surface area contributed by atoms with E-state index in [9.17, 15) is 9.90 Å². The van der Waals surface area contributed by atoms with Gasteiger partial charge in [0, 0.05) is 73.9 Å². The number of fused-ring (bicyclic) bond motifs is 10. The smallest absolute Gasteiger partial charge is 0.352 e. The standard InChI is InChI=1S/C36H35ClN4O3S3/c1-20-30-18-46-22-15-21-7-3-4-8-23(21)29(16-22)44-14-6-9-24-25-11-12-26(37)32(34(25)40(2)35(24)36(42)43)33-27(17-45-19-31(38-20)47-30)39-41-13-5-10-28(33)41/h3-4,7-8,11-12,15-16,31,38H,5-6,9-10,13-14,17-19H2,1-2H3,(H,42,43). The Bertz CT molecular complexity index is 2100. The third-order valence-corrected chi connectivity index (χ3v) is 13.4. The Labute approximate surface area is 291 Å². The first kappa shape index (κ1) is 31.1. The van der Waals surface area contributed by atoms with E-state index in [1.165, 1.54) is 21.2 Å². The van der Waals surface area contributed by atoms with E-state index in [4.69, 9.17) is 21.4 Å². The number of aromatic nitrogens is 3. The summed E-state index contributed by atoms with van der Waals surface area (Å²) in [6, 6.07) is 16.7. The molecule has 0 fully saturated rings. The van der Waals surface area contributed by atoms with Gasteiger partial charge >= 0.3 is 5.97 Å². The Morgan fingerprint density at radius 3 is 2.83 bits per heavy atom. The lowest BCUT2D eigenvalue weighted by atomic mass is 9.97. The highest BCUT2D eigenvalue weighted by molar-refractivity contribution is 8.07. The summed E-state index contributed by atoms with van der Waals surface area (Å²) in [5.74, 6) is 2.51. The zero-order valence-electron chi connectivity index (χ0n) is 26.3. The van der Waals surface area contributed by atoms with Crippen LogP contribution in [0.5, 0.6) is 5.75 Å². The van der Waals surface area contributed by atoms with Crippen LogP contribution in [-0.4, -0.2) is 48.9 Å². The molecular weight excluding hydrogens is 668 g/mol. The molecular formula is C36H35ClN4O3S3. The first-order valence-corrected chi connectivity index (χ1v) is 19.4. The van der Waals surface area contributed by atoms with Gasteiger partial charge in [-0.15, -0.1) is 23.5 Å². The fourth-order valence-electron chi connectivity index (χ4n) is 7.26. The molecule has 1 unspecified atom stereocenters. The summed E-state index contributed by atoms with van der Waals surface area (Å²) in [6.07, 6.45) is 3.21. The quantitative estimate of drug-likeness (QED) is 0.180. The van der Waals surface area contributed by atoms with Crippen molar-refractivity contribution in [2.24, 2.45) is 7.05 Å². The number of halogens is 1. The first-order valence-electron chi connectivity index (χ1n) is 16.0. The van der Waals surface area contributed by atoms with Crippen molar-refractivity contribution in [1.82, 2.24) is 19.7 Å². The molecule has 0 saturated heterocycles. The number of nitrogens with zero attached hydrogens (tertiary/aromatic N) is 3. The highest BCUT2D eigenvalue weighted by atomic mass is 35.5. The molecule has 7 nitrogen and oxygen atoms in total. The molecule has 8 bridgehead atoms. The second kappa shape index (κ2) is 12.7. The van der Waals surface area contributed by atoms with E-state index >= 15 is 0 Å². The number of benzene rings is 3. The van der Waals surface area contributed by atoms with E-state index in [0.717, 1.165) is 86.5 Å². The van der Waals surface area contributed by atoms with E-state index in [1.54, 1.807) is 0 Å². The number of nitrogens with one attached hydrogen (secondary N) is 1. The molecule has 1 atom stereocenters. The van der Waals surface area contributed by atoms with E-state index in [0.29, 0.717) is 35.5 Å². The highest BCUT2D eigenvalue weighted by Gasteiger charge is 2.30. The van der Waals surface area contributed by atoms with Crippen LogP contribution in [-0.2, 0) is 32.2 Å². The molecule has 0 aliphatic carbocycles. The molecule has 47 heavy (non-hydrogen) atoms. The Hall–Kier alpha value is -3.18. The van der Waals surface area contributed by atoms with Crippen LogP contribution in [0.15, 0.2) is 64.0 Å². The topological polar surface area (TPSA) is 81.3 Å². The molecule has 0 amide bonds. The number of aromatic carboxylic acids is 1. The molecule has 242 valence electrons. The van der Waals surface area contributed by atoms with Gasteiger partial charge in [-0.05, 0) is 61.8 Å². The van der Waals surface area contributed by atoms with E-state index < -0.39 is 5.97 Å². The maximum Gasteiger partial charge on any atom is 0.352 e. The normalized spacial score (nSPS) is 18.6. The van der Waals surface area contributed by atoms with Gasteiger partial charge in [0.1, 0.15) is 11.4 Å². The molecule has 2 aromatic heterocycles. The van der Waals surface area contributed by atoms with Crippen LogP contribution in [0, 0.1) is 0 Å². The van der Waals surface area contributed by atoms with Gasteiger partial charge in [-0.2, -0.15) is 16.9 Å². The average Bonchev–Trinajstić information content (AvgIpc) is 3.80.